The highest BCUT2D eigenvalue weighted by Gasteiger charge is 2.31. The summed E-state index contributed by atoms with van der Waals surface area (Å²) in [7, 11) is -1.21. The lowest BCUT2D eigenvalue weighted by Gasteiger charge is -2.30. The molecule has 11 heteroatoms. The number of hydrogen-bond acceptors (Lipinski definition) is 8. The lowest BCUT2D eigenvalue weighted by atomic mass is 10.0. The minimum Gasteiger partial charge on any atom is -0.497 e. The van der Waals surface area contributed by atoms with Gasteiger partial charge in [-0.15, -0.1) is 0 Å². The fourth-order valence-corrected chi connectivity index (χ4v) is 5.46. The summed E-state index contributed by atoms with van der Waals surface area (Å²) in [5.41, 5.74) is 0.833. The third kappa shape index (κ3) is 10.5. The van der Waals surface area contributed by atoms with Crippen LogP contribution in [-0.4, -0.2) is 75.5 Å². The number of carbonyl (C=O) groups is 2. The third-order valence-electron chi connectivity index (χ3n) is 6.16. The van der Waals surface area contributed by atoms with Gasteiger partial charge in [0.2, 0.25) is 10.0 Å². The third-order valence-corrected chi connectivity index (χ3v) is 8.03. The monoisotopic (exact) mass is 564 g/mol. The first-order valence-electron chi connectivity index (χ1n) is 13.0. The van der Waals surface area contributed by atoms with E-state index in [1.807, 2.05) is 37.3 Å². The van der Waals surface area contributed by atoms with Gasteiger partial charge in [0, 0.05) is 13.1 Å². The number of nitrogens with one attached hydrogen (secondary N) is 1. The number of esters is 1. The van der Waals surface area contributed by atoms with Crippen molar-refractivity contribution >= 4 is 22.1 Å². The number of alkyl carbamates (subject to hydrolysis) is 1. The molecule has 2 aromatic carbocycles. The summed E-state index contributed by atoms with van der Waals surface area (Å²) >= 11 is 0. The second-order valence-electron chi connectivity index (χ2n) is 9.25. The largest absolute Gasteiger partial charge is 0.497 e. The van der Waals surface area contributed by atoms with E-state index in [0.29, 0.717) is 12.2 Å². The Hall–Kier alpha value is -3.15. The summed E-state index contributed by atoms with van der Waals surface area (Å²) in [6, 6.07) is 14.4. The van der Waals surface area contributed by atoms with Gasteiger partial charge >= 0.3 is 12.1 Å². The van der Waals surface area contributed by atoms with Gasteiger partial charge in [0.25, 0.3) is 0 Å². The Bertz CT molecular complexity index is 1130. The highest BCUT2D eigenvalue weighted by Crippen LogP contribution is 2.21. The van der Waals surface area contributed by atoms with Crippen LogP contribution in [0.4, 0.5) is 4.79 Å². The SMILES string of the molecule is CCCCCN(C[C@@H](O)[C@H](Cc1ccccc1)NC(=O)O[C@H](C)CC(=O)OC)S(=O)(=O)c1ccc(OC)cc1. The first-order chi connectivity index (χ1) is 18.6. The van der Waals surface area contributed by atoms with Crippen molar-refractivity contribution in [2.24, 2.45) is 0 Å². The van der Waals surface area contributed by atoms with Crippen LogP contribution in [0.1, 0.15) is 45.1 Å². The minimum atomic E-state index is -3.95. The summed E-state index contributed by atoms with van der Waals surface area (Å²) in [4.78, 5) is 24.3. The van der Waals surface area contributed by atoms with Crippen molar-refractivity contribution in [3.8, 4) is 5.75 Å². The fraction of sp³-hybridized carbons (Fsp3) is 0.500. The molecule has 0 aliphatic carbocycles. The molecule has 39 heavy (non-hydrogen) atoms. The van der Waals surface area contributed by atoms with E-state index >= 15 is 0 Å². The molecule has 0 unspecified atom stereocenters. The van der Waals surface area contributed by atoms with Crippen molar-refractivity contribution in [2.45, 2.75) is 69.1 Å². The van der Waals surface area contributed by atoms with Gasteiger partial charge < -0.3 is 24.6 Å². The molecule has 10 nitrogen and oxygen atoms in total. The van der Waals surface area contributed by atoms with E-state index in [1.165, 1.54) is 30.7 Å². The summed E-state index contributed by atoms with van der Waals surface area (Å²) in [5.74, 6) is 0.00112. The van der Waals surface area contributed by atoms with E-state index in [0.717, 1.165) is 18.4 Å². The van der Waals surface area contributed by atoms with E-state index in [9.17, 15) is 23.1 Å². The minimum absolute atomic E-state index is 0.0793. The van der Waals surface area contributed by atoms with E-state index < -0.39 is 40.3 Å². The number of amides is 1. The van der Waals surface area contributed by atoms with E-state index in [2.05, 4.69) is 10.1 Å². The Morgan fingerprint density at radius 2 is 1.69 bits per heavy atom. The Labute approximate surface area is 231 Å². The van der Waals surface area contributed by atoms with Gasteiger partial charge in [0.15, 0.2) is 0 Å². The van der Waals surface area contributed by atoms with Crippen LogP contribution in [0.3, 0.4) is 0 Å². The maximum absolute atomic E-state index is 13.6. The van der Waals surface area contributed by atoms with Crippen LogP contribution in [0.25, 0.3) is 0 Å². The molecule has 0 saturated carbocycles. The average molecular weight is 565 g/mol. The second kappa shape index (κ2) is 16.1. The predicted octanol–water partition coefficient (Wildman–Crippen LogP) is 3.53. The number of rotatable bonds is 16. The number of carbonyl (C=O) groups excluding carboxylic acids is 2. The van der Waals surface area contributed by atoms with E-state index in [-0.39, 0.29) is 30.8 Å². The van der Waals surface area contributed by atoms with Crippen molar-refractivity contribution in [2.75, 3.05) is 27.3 Å². The van der Waals surface area contributed by atoms with Gasteiger partial charge in [-0.1, -0.05) is 50.1 Å². The molecule has 1 amide bonds. The lowest BCUT2D eigenvalue weighted by molar-refractivity contribution is -0.142. The van der Waals surface area contributed by atoms with Gasteiger partial charge in [0.05, 0.1) is 37.7 Å². The van der Waals surface area contributed by atoms with Crippen LogP contribution in [0, 0.1) is 0 Å². The molecular weight excluding hydrogens is 524 g/mol. The molecule has 0 aromatic heterocycles. The molecule has 2 aromatic rings. The number of benzene rings is 2. The molecule has 0 aliphatic rings. The number of aliphatic hydroxyl groups excluding tert-OH is 1. The Morgan fingerprint density at radius 1 is 1.03 bits per heavy atom. The number of hydrogen-bond donors (Lipinski definition) is 2. The highest BCUT2D eigenvalue weighted by atomic mass is 32.2. The molecule has 0 saturated heterocycles. The van der Waals surface area contributed by atoms with Gasteiger partial charge in [-0.2, -0.15) is 4.31 Å². The normalized spacial score (nSPS) is 13.8. The summed E-state index contributed by atoms with van der Waals surface area (Å²) in [5, 5.41) is 14.0. The highest BCUT2D eigenvalue weighted by molar-refractivity contribution is 7.89. The fourth-order valence-electron chi connectivity index (χ4n) is 3.96. The molecule has 0 aliphatic heterocycles. The zero-order valence-corrected chi connectivity index (χ0v) is 23.9. The quantitative estimate of drug-likeness (QED) is 0.234. The van der Waals surface area contributed by atoms with Gasteiger partial charge in [-0.25, -0.2) is 13.2 Å². The molecule has 0 fully saturated rings. The molecule has 0 radical (unpaired) electrons. The van der Waals surface area contributed by atoms with Crippen LogP contribution in [0.2, 0.25) is 0 Å². The Balaban J connectivity index is 2.26. The summed E-state index contributed by atoms with van der Waals surface area (Å²) in [6.45, 7) is 3.53. The van der Waals surface area contributed by atoms with Crippen molar-refractivity contribution in [1.29, 1.82) is 0 Å². The van der Waals surface area contributed by atoms with Crippen LogP contribution >= 0.6 is 0 Å². The van der Waals surface area contributed by atoms with Crippen LogP contribution in [0.15, 0.2) is 59.5 Å². The number of methoxy groups -OCH3 is 2. The van der Waals surface area contributed by atoms with Crippen molar-refractivity contribution in [3.63, 3.8) is 0 Å². The lowest BCUT2D eigenvalue weighted by Crippen LogP contribution is -2.51. The molecule has 2 rings (SSSR count). The van der Waals surface area contributed by atoms with Crippen LogP contribution in [0.5, 0.6) is 5.75 Å². The van der Waals surface area contributed by atoms with Gasteiger partial charge in [0.1, 0.15) is 11.9 Å². The van der Waals surface area contributed by atoms with E-state index in [4.69, 9.17) is 9.47 Å². The number of nitrogens with zero attached hydrogens (tertiary/aromatic N) is 1. The molecule has 3 atom stereocenters. The number of aliphatic hydroxyl groups is 1. The maximum atomic E-state index is 13.6. The van der Waals surface area contributed by atoms with E-state index in [1.54, 1.807) is 19.1 Å². The van der Waals surface area contributed by atoms with Gasteiger partial charge in [-0.3, -0.25) is 4.79 Å². The molecular formula is C28H40N2O8S. The summed E-state index contributed by atoms with van der Waals surface area (Å²) < 4.78 is 43.4. The second-order valence-corrected chi connectivity index (χ2v) is 11.2. The van der Waals surface area contributed by atoms with Crippen LogP contribution in [-0.2, 0) is 30.7 Å². The standard InChI is InChI=1S/C28H40N2O8S/c1-5-6-10-17-30(39(34,35)24-15-13-23(36-3)14-16-24)20-26(31)25(19-22-11-8-7-9-12-22)29-28(33)38-21(2)18-27(32)37-4/h7-9,11-16,21,25-26,31H,5-6,10,17-20H2,1-4H3,(H,29,33)/t21-,25+,26-/m1/s1. The first kappa shape index (κ1) is 32.1. The molecule has 2 N–H and O–H groups in total. The van der Waals surface area contributed by atoms with Crippen molar-refractivity contribution < 1.29 is 37.3 Å². The van der Waals surface area contributed by atoms with Gasteiger partial charge in [-0.05, 0) is 49.6 Å². The van der Waals surface area contributed by atoms with Crippen LogP contribution < -0.4 is 10.1 Å². The smallest absolute Gasteiger partial charge is 0.407 e. The number of ether oxygens (including phenoxy) is 3. The zero-order chi connectivity index (χ0) is 28.8. The molecule has 0 heterocycles. The zero-order valence-electron chi connectivity index (χ0n) is 23.0. The number of unbranched alkanes of at least 4 members (excludes halogenated alkanes) is 2. The molecule has 0 spiro atoms. The first-order valence-corrected chi connectivity index (χ1v) is 14.4. The molecule has 0 bridgehead atoms. The van der Waals surface area contributed by atoms with Crippen molar-refractivity contribution in [3.05, 3.63) is 60.2 Å². The molecule has 216 valence electrons. The maximum Gasteiger partial charge on any atom is 0.407 e. The Kier molecular flexibility index (Phi) is 13.2. The predicted molar refractivity (Wildman–Crippen MR) is 147 cm³/mol. The number of sulfonamides is 1. The topological polar surface area (TPSA) is 131 Å². The van der Waals surface area contributed by atoms with Crippen molar-refractivity contribution in [1.82, 2.24) is 9.62 Å². The Morgan fingerprint density at radius 3 is 2.28 bits per heavy atom. The summed E-state index contributed by atoms with van der Waals surface area (Å²) in [6.07, 6.45) is -0.413. The average Bonchev–Trinajstić information content (AvgIpc) is 2.92.